The van der Waals surface area contributed by atoms with E-state index >= 15 is 0 Å². The average molecular weight is 402 g/mol. The van der Waals surface area contributed by atoms with Crippen LogP contribution in [0.2, 0.25) is 0 Å². The number of amides is 1. The van der Waals surface area contributed by atoms with Gasteiger partial charge in [0.1, 0.15) is 5.01 Å². The van der Waals surface area contributed by atoms with E-state index in [1.807, 2.05) is 11.4 Å². The van der Waals surface area contributed by atoms with E-state index in [0.717, 1.165) is 35.8 Å². The van der Waals surface area contributed by atoms with Gasteiger partial charge in [0.15, 0.2) is 0 Å². The van der Waals surface area contributed by atoms with Gasteiger partial charge in [-0.1, -0.05) is 30.7 Å². The molecule has 0 bridgehead atoms. The minimum absolute atomic E-state index is 0. The van der Waals surface area contributed by atoms with Gasteiger partial charge in [-0.15, -0.1) is 36.2 Å². The van der Waals surface area contributed by atoms with E-state index in [2.05, 4.69) is 47.7 Å². The quantitative estimate of drug-likeness (QED) is 0.822. The van der Waals surface area contributed by atoms with Gasteiger partial charge >= 0.3 is 0 Å². The van der Waals surface area contributed by atoms with Crippen LogP contribution in [0.5, 0.6) is 0 Å². The first-order valence-corrected chi connectivity index (χ1v) is 9.01. The molecule has 7 heteroatoms. The number of piperidine rings is 1. The highest BCUT2D eigenvalue weighted by molar-refractivity contribution is 7.13. The standard InChI is InChI=1S/C18H23N3OS.2ClH/c1-12-4-3-5-14(8-12)18-20-15(11-23-18)9-17(22)21-16-6-7-19-10-13(16)2;;/h3-5,8,11,13,16,19H,6-7,9-10H2,1-2H3,(H,21,22);2*1H. The molecule has 2 heterocycles. The molecule has 0 spiro atoms. The van der Waals surface area contributed by atoms with E-state index in [1.165, 1.54) is 5.56 Å². The van der Waals surface area contributed by atoms with Crippen molar-refractivity contribution in [2.75, 3.05) is 13.1 Å². The van der Waals surface area contributed by atoms with Crippen molar-refractivity contribution in [3.05, 3.63) is 40.9 Å². The SMILES string of the molecule is Cc1cccc(-c2nc(CC(=O)NC3CCNCC3C)cs2)c1.Cl.Cl. The lowest BCUT2D eigenvalue weighted by atomic mass is 9.95. The smallest absolute Gasteiger partial charge is 0.226 e. The lowest BCUT2D eigenvalue weighted by Crippen LogP contribution is -2.48. The summed E-state index contributed by atoms with van der Waals surface area (Å²) < 4.78 is 0. The van der Waals surface area contributed by atoms with Crippen LogP contribution in [0, 0.1) is 12.8 Å². The highest BCUT2D eigenvalue weighted by atomic mass is 35.5. The lowest BCUT2D eigenvalue weighted by molar-refractivity contribution is -0.121. The van der Waals surface area contributed by atoms with Gasteiger partial charge in [0.05, 0.1) is 12.1 Å². The summed E-state index contributed by atoms with van der Waals surface area (Å²) in [6.07, 6.45) is 1.36. The van der Waals surface area contributed by atoms with E-state index < -0.39 is 0 Å². The number of aromatic nitrogens is 1. The molecule has 2 aromatic rings. The predicted molar refractivity (Wildman–Crippen MR) is 109 cm³/mol. The average Bonchev–Trinajstić information content (AvgIpc) is 2.98. The zero-order chi connectivity index (χ0) is 16.2. The molecule has 1 saturated heterocycles. The van der Waals surface area contributed by atoms with Crippen LogP contribution in [0.3, 0.4) is 0 Å². The van der Waals surface area contributed by atoms with Gasteiger partial charge in [0.25, 0.3) is 0 Å². The van der Waals surface area contributed by atoms with E-state index in [9.17, 15) is 4.79 Å². The molecule has 1 aromatic carbocycles. The number of carbonyl (C=O) groups is 1. The van der Waals surface area contributed by atoms with Crippen molar-refractivity contribution in [2.45, 2.75) is 32.7 Å². The Hall–Kier alpha value is -1.14. The van der Waals surface area contributed by atoms with E-state index in [4.69, 9.17) is 0 Å². The molecule has 25 heavy (non-hydrogen) atoms. The summed E-state index contributed by atoms with van der Waals surface area (Å²) in [5.74, 6) is 0.552. The number of benzene rings is 1. The first-order chi connectivity index (χ1) is 11.1. The Bertz CT molecular complexity index is 692. The normalized spacial score (nSPS) is 19.4. The van der Waals surface area contributed by atoms with Gasteiger partial charge in [-0.3, -0.25) is 4.79 Å². The first-order valence-electron chi connectivity index (χ1n) is 8.13. The molecule has 1 aliphatic rings. The van der Waals surface area contributed by atoms with Gasteiger partial charge in [-0.05, 0) is 38.4 Å². The number of hydrogen-bond acceptors (Lipinski definition) is 4. The maximum atomic E-state index is 12.3. The number of hydrogen-bond donors (Lipinski definition) is 2. The first kappa shape index (κ1) is 21.9. The Morgan fingerprint density at radius 3 is 2.92 bits per heavy atom. The Morgan fingerprint density at radius 2 is 2.20 bits per heavy atom. The highest BCUT2D eigenvalue weighted by Gasteiger charge is 2.22. The highest BCUT2D eigenvalue weighted by Crippen LogP contribution is 2.24. The number of aryl methyl sites for hydroxylation is 1. The maximum Gasteiger partial charge on any atom is 0.226 e. The van der Waals surface area contributed by atoms with Crippen molar-refractivity contribution >= 4 is 42.1 Å². The van der Waals surface area contributed by atoms with Gasteiger partial charge in [0.2, 0.25) is 5.91 Å². The molecular formula is C18H25Cl2N3OS. The second kappa shape index (κ2) is 10.1. The van der Waals surface area contributed by atoms with Crippen molar-refractivity contribution < 1.29 is 4.79 Å². The largest absolute Gasteiger partial charge is 0.353 e. The molecule has 2 unspecified atom stereocenters. The molecule has 1 aliphatic heterocycles. The summed E-state index contributed by atoms with van der Waals surface area (Å²) in [5.41, 5.74) is 3.19. The van der Waals surface area contributed by atoms with E-state index in [0.29, 0.717) is 12.3 Å². The van der Waals surface area contributed by atoms with E-state index in [-0.39, 0.29) is 36.8 Å². The minimum atomic E-state index is 0. The molecule has 1 fully saturated rings. The Labute approximate surface area is 165 Å². The second-order valence-corrected chi connectivity index (χ2v) is 7.19. The number of rotatable bonds is 4. The van der Waals surface area contributed by atoms with Crippen LogP contribution < -0.4 is 10.6 Å². The minimum Gasteiger partial charge on any atom is -0.353 e. The zero-order valence-corrected chi connectivity index (χ0v) is 16.9. The summed E-state index contributed by atoms with van der Waals surface area (Å²) in [6.45, 7) is 6.20. The molecule has 1 amide bonds. The summed E-state index contributed by atoms with van der Waals surface area (Å²) in [6, 6.07) is 8.58. The van der Waals surface area contributed by atoms with Crippen molar-refractivity contribution in [1.29, 1.82) is 0 Å². The number of carbonyl (C=O) groups excluding carboxylic acids is 1. The number of halogens is 2. The van der Waals surface area contributed by atoms with Gasteiger partial charge in [0, 0.05) is 17.0 Å². The Morgan fingerprint density at radius 1 is 1.40 bits per heavy atom. The molecule has 3 rings (SSSR count). The molecule has 4 nitrogen and oxygen atoms in total. The fraction of sp³-hybridized carbons (Fsp3) is 0.444. The third-order valence-corrected chi connectivity index (χ3v) is 5.23. The van der Waals surface area contributed by atoms with E-state index in [1.54, 1.807) is 11.3 Å². The summed E-state index contributed by atoms with van der Waals surface area (Å²) in [7, 11) is 0. The number of thiazole rings is 1. The summed E-state index contributed by atoms with van der Waals surface area (Å²) in [5, 5.41) is 9.48. The topological polar surface area (TPSA) is 54.0 Å². The summed E-state index contributed by atoms with van der Waals surface area (Å²) >= 11 is 1.60. The van der Waals surface area contributed by atoms with Crippen LogP contribution in [-0.4, -0.2) is 30.0 Å². The molecule has 1 aromatic heterocycles. The lowest BCUT2D eigenvalue weighted by Gasteiger charge is -2.30. The fourth-order valence-corrected chi connectivity index (χ4v) is 3.77. The van der Waals surface area contributed by atoms with Crippen LogP contribution in [0.1, 0.15) is 24.6 Å². The van der Waals surface area contributed by atoms with Gasteiger partial charge < -0.3 is 10.6 Å². The van der Waals surface area contributed by atoms with Gasteiger partial charge in [-0.2, -0.15) is 0 Å². The second-order valence-electron chi connectivity index (χ2n) is 6.33. The third-order valence-electron chi connectivity index (χ3n) is 4.29. The third kappa shape index (κ3) is 5.96. The molecule has 2 N–H and O–H groups in total. The summed E-state index contributed by atoms with van der Waals surface area (Å²) in [4.78, 5) is 16.9. The predicted octanol–water partition coefficient (Wildman–Crippen LogP) is 3.62. The van der Waals surface area contributed by atoms with Crippen LogP contribution in [-0.2, 0) is 11.2 Å². The van der Waals surface area contributed by atoms with Crippen LogP contribution in [0.15, 0.2) is 29.6 Å². The van der Waals surface area contributed by atoms with Crippen molar-refractivity contribution in [2.24, 2.45) is 5.92 Å². The monoisotopic (exact) mass is 401 g/mol. The van der Waals surface area contributed by atoms with Gasteiger partial charge in [-0.25, -0.2) is 4.98 Å². The fourth-order valence-electron chi connectivity index (χ4n) is 2.95. The molecule has 138 valence electrons. The molecule has 0 radical (unpaired) electrons. The number of nitrogens with zero attached hydrogens (tertiary/aromatic N) is 1. The van der Waals surface area contributed by atoms with Crippen LogP contribution >= 0.6 is 36.2 Å². The Kier molecular flexibility index (Phi) is 8.86. The van der Waals surface area contributed by atoms with Crippen LogP contribution in [0.25, 0.3) is 10.6 Å². The zero-order valence-electron chi connectivity index (χ0n) is 14.5. The Balaban J connectivity index is 0.00000156. The molecule has 2 atom stereocenters. The van der Waals surface area contributed by atoms with Crippen molar-refractivity contribution in [1.82, 2.24) is 15.6 Å². The van der Waals surface area contributed by atoms with Crippen molar-refractivity contribution in [3.63, 3.8) is 0 Å². The molecular weight excluding hydrogens is 377 g/mol. The molecule has 0 saturated carbocycles. The van der Waals surface area contributed by atoms with Crippen molar-refractivity contribution in [3.8, 4) is 10.6 Å². The number of nitrogens with one attached hydrogen (secondary N) is 2. The van der Waals surface area contributed by atoms with Crippen LogP contribution in [0.4, 0.5) is 0 Å². The maximum absolute atomic E-state index is 12.3. The molecule has 0 aliphatic carbocycles.